The molecule has 3 aliphatic rings. The summed E-state index contributed by atoms with van der Waals surface area (Å²) in [6, 6.07) is 20.3. The number of ether oxygens (including phenoxy) is 2. The molecule has 0 aliphatic carbocycles. The Hall–Kier alpha value is -6.42. The molecule has 9 rings (SSSR count). The number of nitrogens with two attached hydrogens (primary N) is 1. The van der Waals surface area contributed by atoms with Crippen molar-refractivity contribution in [2.75, 3.05) is 49.2 Å². The zero-order chi connectivity index (χ0) is 46.9. The number of para-hydroxylation sites is 1. The van der Waals surface area contributed by atoms with Crippen LogP contribution in [-0.2, 0) is 27.1 Å². The van der Waals surface area contributed by atoms with Gasteiger partial charge in [-0.25, -0.2) is 34.6 Å². The van der Waals surface area contributed by atoms with Crippen LogP contribution in [0.4, 0.5) is 15.3 Å². The van der Waals surface area contributed by atoms with Crippen LogP contribution in [0, 0.1) is 5.92 Å². The highest BCUT2D eigenvalue weighted by molar-refractivity contribution is 8.32. The normalized spacial score (nSPS) is 18.4. The summed E-state index contributed by atoms with van der Waals surface area (Å²) in [7, 11) is 0.430. The van der Waals surface area contributed by atoms with Crippen LogP contribution in [-0.4, -0.2) is 103 Å². The standard InChI is InChI=1S/C48H56N8O4S.C2H5NO2.H2/c1-8-61(6,7)24-23-59-56-42(29-51-45(56)40-13-10-22-54(40)47(58)60-48(3,4)5)34-20-21-36-37(25-34)49-27-38(52-36)31-16-18-32(19-17-31)39-28-50-44(53-39)41-26-35-12-9-11-33-15-14-30(2)46(57)55(41)43(33)35;1-5-2(3)4;/h9,11-12,16-21,25,27-30,40-41H,8,10,13-15,22-24,26H2,1-7H3,(H,50,53);1H3,(H2,3,4);1H/t30?,40-,41?;;/m0../s1. The third-order valence-electron chi connectivity index (χ3n) is 12.7. The van der Waals surface area contributed by atoms with E-state index in [4.69, 9.17) is 29.5 Å². The van der Waals surface area contributed by atoms with E-state index in [0.717, 1.165) is 99.9 Å². The zero-order valence-corrected chi connectivity index (χ0v) is 40.0. The van der Waals surface area contributed by atoms with E-state index >= 15 is 0 Å². The molecule has 2 unspecified atom stereocenters. The van der Waals surface area contributed by atoms with Crippen LogP contribution in [0.5, 0.6) is 0 Å². The number of primary amides is 1. The molecule has 6 heterocycles. The highest BCUT2D eigenvalue weighted by Gasteiger charge is 2.41. The fourth-order valence-electron chi connectivity index (χ4n) is 8.75. The lowest BCUT2D eigenvalue weighted by molar-refractivity contribution is -0.122. The molecule has 3 amide bonds. The quantitative estimate of drug-likeness (QED) is 0.134. The van der Waals surface area contributed by atoms with Crippen molar-refractivity contribution in [1.29, 1.82) is 0 Å². The summed E-state index contributed by atoms with van der Waals surface area (Å²) in [5.74, 6) is 3.72. The lowest BCUT2D eigenvalue weighted by Gasteiger charge is -2.30. The van der Waals surface area contributed by atoms with Crippen molar-refractivity contribution in [2.45, 2.75) is 84.4 Å². The van der Waals surface area contributed by atoms with Gasteiger partial charge in [0.15, 0.2) is 5.82 Å². The number of likely N-dealkylation sites (tertiary alicyclic amines) is 1. The maximum absolute atomic E-state index is 13.6. The molecule has 1 saturated heterocycles. The van der Waals surface area contributed by atoms with Crippen molar-refractivity contribution in [3.63, 3.8) is 0 Å². The fraction of sp³-hybridized carbons (Fsp3) is 0.420. The molecular weight excluding hydrogens is 855 g/mol. The number of nitrogens with zero attached hydrogens (tertiary/aromatic N) is 7. The van der Waals surface area contributed by atoms with Gasteiger partial charge >= 0.3 is 12.2 Å². The van der Waals surface area contributed by atoms with E-state index in [9.17, 15) is 14.4 Å². The van der Waals surface area contributed by atoms with Crippen LogP contribution in [0.3, 0.4) is 0 Å². The molecule has 350 valence electrons. The van der Waals surface area contributed by atoms with Crippen LogP contribution in [0.15, 0.2) is 79.3 Å². The number of anilines is 1. The minimum absolute atomic E-state index is 0. The van der Waals surface area contributed by atoms with Gasteiger partial charge in [0.2, 0.25) is 5.91 Å². The summed E-state index contributed by atoms with van der Waals surface area (Å²) in [6.45, 7) is 11.1. The average Bonchev–Trinajstić information content (AvgIpc) is 4.12. The molecule has 15 nitrogen and oxygen atoms in total. The largest absolute Gasteiger partial charge is 0.453 e. The summed E-state index contributed by atoms with van der Waals surface area (Å²) < 4.78 is 11.5. The van der Waals surface area contributed by atoms with Gasteiger partial charge in [-0.2, -0.15) is 4.73 Å². The van der Waals surface area contributed by atoms with Crippen LogP contribution in [0.1, 0.15) is 90.2 Å². The number of aromatic amines is 1. The molecule has 0 saturated carbocycles. The van der Waals surface area contributed by atoms with E-state index < -0.39 is 21.7 Å². The van der Waals surface area contributed by atoms with Gasteiger partial charge in [-0.05, 0) is 93.5 Å². The van der Waals surface area contributed by atoms with Gasteiger partial charge in [0, 0.05) is 37.2 Å². The molecule has 16 heteroatoms. The number of nitrogens with one attached hydrogen (secondary N) is 1. The Morgan fingerprint density at radius 3 is 2.38 bits per heavy atom. The topological polar surface area (TPSA) is 184 Å². The van der Waals surface area contributed by atoms with Gasteiger partial charge in [-0.15, -0.1) is 0 Å². The number of carbonyl (C=O) groups is 3. The van der Waals surface area contributed by atoms with Crippen molar-refractivity contribution in [3.8, 4) is 33.8 Å². The van der Waals surface area contributed by atoms with Gasteiger partial charge in [-0.1, -0.05) is 62.4 Å². The Kier molecular flexibility index (Phi) is 13.2. The number of aryl methyl sites for hydroxylation is 1. The first-order valence-corrected chi connectivity index (χ1v) is 25.4. The molecule has 3 aliphatic heterocycles. The lowest BCUT2D eigenvalue weighted by Crippen LogP contribution is -2.37. The number of rotatable bonds is 10. The van der Waals surface area contributed by atoms with Crippen molar-refractivity contribution >= 4 is 44.8 Å². The predicted molar refractivity (Wildman–Crippen MR) is 262 cm³/mol. The van der Waals surface area contributed by atoms with E-state index in [-0.39, 0.29) is 31.4 Å². The maximum Gasteiger partial charge on any atom is 0.410 e. The zero-order valence-electron chi connectivity index (χ0n) is 39.2. The van der Waals surface area contributed by atoms with E-state index in [1.54, 1.807) is 4.90 Å². The number of imidazole rings is 2. The predicted octanol–water partition coefficient (Wildman–Crippen LogP) is 9.31. The van der Waals surface area contributed by atoms with Crippen LogP contribution in [0.2, 0.25) is 0 Å². The maximum atomic E-state index is 13.6. The number of amides is 3. The summed E-state index contributed by atoms with van der Waals surface area (Å²) in [6.07, 6.45) is 13.3. The van der Waals surface area contributed by atoms with Gasteiger partial charge in [0.1, 0.15) is 23.7 Å². The summed E-state index contributed by atoms with van der Waals surface area (Å²) in [4.78, 5) is 69.8. The Morgan fingerprint density at radius 2 is 1.65 bits per heavy atom. The van der Waals surface area contributed by atoms with Gasteiger partial charge in [-0.3, -0.25) is 14.7 Å². The highest BCUT2D eigenvalue weighted by Crippen LogP contribution is 2.45. The highest BCUT2D eigenvalue weighted by atomic mass is 32.3. The number of hydrogen-bond donors (Lipinski definition) is 2. The molecule has 3 aromatic carbocycles. The fourth-order valence-corrected chi connectivity index (χ4v) is 9.57. The Balaban J connectivity index is 0.00000106. The number of carbonyl (C=O) groups excluding carboxylic acids is 3. The van der Waals surface area contributed by atoms with Gasteiger partial charge in [0.05, 0.1) is 65.9 Å². The molecule has 6 aromatic rings. The summed E-state index contributed by atoms with van der Waals surface area (Å²) in [5, 5.41) is 0. The molecule has 66 heavy (non-hydrogen) atoms. The van der Waals surface area contributed by atoms with Crippen molar-refractivity contribution in [2.24, 2.45) is 11.7 Å². The Labute approximate surface area is 389 Å². The number of fused-ring (bicyclic) bond motifs is 1. The first-order chi connectivity index (χ1) is 31.5. The smallest absolute Gasteiger partial charge is 0.410 e. The molecule has 0 radical (unpaired) electrons. The monoisotopic (exact) mass is 917 g/mol. The van der Waals surface area contributed by atoms with E-state index in [2.05, 4.69) is 77.4 Å². The number of methoxy groups -OCH3 is 1. The molecule has 0 spiro atoms. The van der Waals surface area contributed by atoms with Crippen molar-refractivity contribution in [1.82, 2.24) is 34.6 Å². The third-order valence-corrected chi connectivity index (χ3v) is 15.5. The minimum atomic E-state index is -0.794. The van der Waals surface area contributed by atoms with E-state index in [1.807, 2.05) is 74.1 Å². The first-order valence-electron chi connectivity index (χ1n) is 22.6. The molecular formula is C50H63N9O6S. The molecule has 1 fully saturated rings. The van der Waals surface area contributed by atoms with Gasteiger partial charge in [0.25, 0.3) is 0 Å². The number of H-pyrrole nitrogens is 1. The van der Waals surface area contributed by atoms with Gasteiger partial charge < -0.3 is 29.9 Å². The third kappa shape index (κ3) is 9.74. The number of benzene rings is 3. The Morgan fingerprint density at radius 1 is 0.924 bits per heavy atom. The van der Waals surface area contributed by atoms with E-state index in [1.165, 1.54) is 18.2 Å². The van der Waals surface area contributed by atoms with Crippen LogP contribution in [0.25, 0.3) is 44.8 Å². The van der Waals surface area contributed by atoms with Crippen LogP contribution < -0.4 is 15.5 Å². The number of hydrogen-bond acceptors (Lipinski definition) is 10. The molecule has 3 N–H and O–H groups in total. The van der Waals surface area contributed by atoms with Crippen LogP contribution >= 0.6 is 10.0 Å². The SMILES string of the molecule is CCS(C)(C)CCOn1c(-c2ccc3nc(-c4ccc(-c5cnc(C6Cc7cccc8c7N6C(=O)C(C)CC8)[nH]5)cc4)cnc3c2)cnc1[C@@H]1CCCN1C(=O)OC(C)(C)C.COC(N)=O.[HH]. The summed E-state index contributed by atoms with van der Waals surface area (Å²) >= 11 is 0. The second-order valence-electron chi connectivity index (χ2n) is 18.8. The second kappa shape index (κ2) is 18.8. The minimum Gasteiger partial charge on any atom is -0.453 e. The van der Waals surface area contributed by atoms with Crippen molar-refractivity contribution < 1.29 is 30.1 Å². The van der Waals surface area contributed by atoms with Crippen molar-refractivity contribution in [3.05, 3.63) is 102 Å². The Bertz CT molecular complexity index is 2750. The first kappa shape index (κ1) is 46.1. The summed E-state index contributed by atoms with van der Waals surface area (Å²) in [5.41, 5.74) is 14.2. The average molecular weight is 918 g/mol. The second-order valence-corrected chi connectivity index (χ2v) is 23.3. The molecule has 3 aromatic heterocycles. The van der Waals surface area contributed by atoms with E-state index in [0.29, 0.717) is 19.0 Å². The number of aromatic nitrogens is 6. The molecule has 0 bridgehead atoms. The molecule has 3 atom stereocenters. The lowest BCUT2D eigenvalue weighted by atomic mass is 9.99.